The van der Waals surface area contributed by atoms with E-state index in [1.165, 1.54) is 83.9 Å². The molecule has 0 radical (unpaired) electrons. The summed E-state index contributed by atoms with van der Waals surface area (Å²) in [6.45, 7) is 21.2. The van der Waals surface area contributed by atoms with Gasteiger partial charge in [-0.05, 0) is 190 Å². The van der Waals surface area contributed by atoms with Crippen LogP contribution in [0.25, 0.3) is 11.1 Å². The van der Waals surface area contributed by atoms with Gasteiger partial charge >= 0.3 is 0 Å². The zero-order valence-electron chi connectivity index (χ0n) is 44.1. The predicted octanol–water partition coefficient (Wildman–Crippen LogP) is 16.9. The first kappa shape index (κ1) is 46.6. The van der Waals surface area contributed by atoms with Crippen LogP contribution in [0.5, 0.6) is 11.5 Å². The lowest BCUT2D eigenvalue weighted by Crippen LogP contribution is -2.58. The summed E-state index contributed by atoms with van der Waals surface area (Å²) in [7, 11) is 0. The second-order valence-corrected chi connectivity index (χ2v) is 23.3. The van der Waals surface area contributed by atoms with Gasteiger partial charge in [-0.1, -0.05) is 158 Å². The molecule has 4 nitrogen and oxygen atoms in total. The summed E-state index contributed by atoms with van der Waals surface area (Å²) in [6, 6.07) is 63.6. The SMILES string of the molecule is Cc1ccc2c(c1)N(c1cc(C(C)(C)C)cc(C)c1Oc1ccccc1)c1cc3c(cc1B2c1cc(N(C2=CC=CCC2)c2ccccc2)ccc1N1c2ccc(-c4ccccc4)cc21)C(C)(C)CCC3(C)C. The number of hydrogen-bond donors (Lipinski definition) is 0. The molecule has 12 rings (SSSR count). The van der Waals surface area contributed by atoms with Gasteiger partial charge in [0.2, 0.25) is 6.71 Å². The molecule has 0 amide bonds. The summed E-state index contributed by atoms with van der Waals surface area (Å²) in [5, 5.41) is 0. The Morgan fingerprint density at radius 3 is 1.88 bits per heavy atom. The van der Waals surface area contributed by atoms with Crippen LogP contribution < -0.4 is 35.8 Å². The van der Waals surface area contributed by atoms with Crippen LogP contribution in [0.15, 0.2) is 194 Å². The van der Waals surface area contributed by atoms with Crippen molar-refractivity contribution in [1.29, 1.82) is 0 Å². The van der Waals surface area contributed by atoms with Crippen molar-refractivity contribution in [3.63, 3.8) is 0 Å². The molecular formula is C68H66BN3O. The lowest BCUT2D eigenvalue weighted by Gasteiger charge is -2.45. The van der Waals surface area contributed by atoms with Crippen LogP contribution in [0.3, 0.4) is 0 Å². The predicted molar refractivity (Wildman–Crippen MR) is 311 cm³/mol. The van der Waals surface area contributed by atoms with Gasteiger partial charge in [0.05, 0.1) is 17.1 Å². The molecule has 73 heavy (non-hydrogen) atoms. The van der Waals surface area contributed by atoms with Crippen LogP contribution in [0, 0.1) is 13.8 Å². The molecule has 0 fully saturated rings. The van der Waals surface area contributed by atoms with E-state index in [0.717, 1.165) is 59.8 Å². The van der Waals surface area contributed by atoms with Crippen molar-refractivity contribution < 1.29 is 4.74 Å². The van der Waals surface area contributed by atoms with Crippen LogP contribution in [-0.4, -0.2) is 6.71 Å². The quantitative estimate of drug-likeness (QED) is 0.106. The second kappa shape index (κ2) is 17.6. The highest BCUT2D eigenvalue weighted by Gasteiger charge is 2.45. The number of benzene rings is 8. The fourth-order valence-corrected chi connectivity index (χ4v) is 12.0. The lowest BCUT2D eigenvalue weighted by molar-refractivity contribution is 0.332. The highest BCUT2D eigenvalue weighted by molar-refractivity contribution is 6.99. The van der Waals surface area contributed by atoms with Crippen molar-refractivity contribution in [2.45, 2.75) is 104 Å². The van der Waals surface area contributed by atoms with E-state index in [4.69, 9.17) is 4.74 Å². The highest BCUT2D eigenvalue weighted by atomic mass is 16.5. The minimum Gasteiger partial charge on any atom is -0.455 e. The third-order valence-electron chi connectivity index (χ3n) is 16.2. The van der Waals surface area contributed by atoms with Gasteiger partial charge in [0.15, 0.2) is 5.75 Å². The molecule has 2 aliphatic carbocycles. The normalized spacial score (nSPS) is 16.0. The first-order valence-corrected chi connectivity index (χ1v) is 26.5. The first-order chi connectivity index (χ1) is 35.1. The van der Waals surface area contributed by atoms with Gasteiger partial charge in [0.25, 0.3) is 0 Å². The van der Waals surface area contributed by atoms with Gasteiger partial charge in [-0.25, -0.2) is 0 Å². The van der Waals surface area contributed by atoms with E-state index in [1.54, 1.807) is 0 Å². The largest absolute Gasteiger partial charge is 0.455 e. The number of fused-ring (bicyclic) bond motifs is 4. The molecule has 0 saturated carbocycles. The van der Waals surface area contributed by atoms with Crippen molar-refractivity contribution in [3.8, 4) is 22.6 Å². The fourth-order valence-electron chi connectivity index (χ4n) is 12.0. The Morgan fingerprint density at radius 2 is 1.18 bits per heavy atom. The molecule has 362 valence electrons. The van der Waals surface area contributed by atoms with Crippen molar-refractivity contribution >= 4 is 68.6 Å². The van der Waals surface area contributed by atoms with Gasteiger partial charge in [-0.15, -0.1) is 0 Å². The number of nitrogens with zero attached hydrogens (tertiary/aromatic N) is 3. The average Bonchev–Trinajstić information content (AvgIpc) is 4.11. The third kappa shape index (κ3) is 8.28. The molecule has 5 heteroatoms. The molecule has 0 N–H and O–H groups in total. The maximum Gasteiger partial charge on any atom is 0.249 e. The lowest BCUT2D eigenvalue weighted by atomic mass is 9.34. The van der Waals surface area contributed by atoms with Crippen LogP contribution in [0.2, 0.25) is 0 Å². The molecule has 0 spiro atoms. The topological polar surface area (TPSA) is 18.7 Å². The standard InChI is InChI=1S/C68H66BN3O/c1-45-30-33-56-61(38-45)72(64-41-49(66(3,4)5)39-46(2)65(64)73-53-28-20-13-21-29-53)62-44-55-54(67(6,7)36-37-68(55,8)9)43-58(62)69(56)57-42-52(70(50-24-16-11-17-25-50)51-26-18-12-19-27-51)32-35-59(57)71-60-34-31-48(40-63(60)71)47-22-14-10-15-23-47/h10-18,20-26,28-35,38-44H,19,27,36-37H2,1-9H3. The summed E-state index contributed by atoms with van der Waals surface area (Å²) >= 11 is 0. The molecule has 4 aliphatic rings. The molecule has 0 bridgehead atoms. The molecule has 0 atom stereocenters. The van der Waals surface area contributed by atoms with Crippen molar-refractivity contribution in [2.75, 3.05) is 14.7 Å². The maximum atomic E-state index is 7.13. The summed E-state index contributed by atoms with van der Waals surface area (Å²) in [5.74, 6) is 1.70. The summed E-state index contributed by atoms with van der Waals surface area (Å²) in [5.41, 5.74) is 23.4. The molecule has 0 aromatic heterocycles. The number of aryl methyl sites for hydroxylation is 2. The third-order valence-corrected chi connectivity index (χ3v) is 16.2. The minimum absolute atomic E-state index is 0.0209. The number of rotatable bonds is 9. The molecule has 8 aromatic carbocycles. The van der Waals surface area contributed by atoms with Crippen molar-refractivity contribution in [2.24, 2.45) is 0 Å². The monoisotopic (exact) mass is 952 g/mol. The van der Waals surface area contributed by atoms with Crippen LogP contribution in [0.1, 0.15) is 102 Å². The Kier molecular flexibility index (Phi) is 11.2. The first-order valence-electron chi connectivity index (χ1n) is 26.5. The van der Waals surface area contributed by atoms with Crippen LogP contribution in [-0.2, 0) is 16.2 Å². The van der Waals surface area contributed by atoms with E-state index in [-0.39, 0.29) is 23.0 Å². The van der Waals surface area contributed by atoms with Crippen molar-refractivity contribution in [3.05, 3.63) is 222 Å². The van der Waals surface area contributed by atoms with E-state index in [9.17, 15) is 0 Å². The summed E-state index contributed by atoms with van der Waals surface area (Å²) < 4.78 is 7.13. The van der Waals surface area contributed by atoms with Crippen LogP contribution >= 0.6 is 0 Å². The molecule has 2 aliphatic heterocycles. The van der Waals surface area contributed by atoms with E-state index in [1.807, 2.05) is 0 Å². The van der Waals surface area contributed by atoms with E-state index in [0.29, 0.717) is 0 Å². The zero-order valence-corrected chi connectivity index (χ0v) is 44.1. The fraction of sp³-hybridized carbons (Fsp3) is 0.235. The number of ether oxygens (including phenoxy) is 1. The summed E-state index contributed by atoms with van der Waals surface area (Å²) in [6.07, 6.45) is 11.0. The molecule has 2 heterocycles. The summed E-state index contributed by atoms with van der Waals surface area (Å²) in [4.78, 5) is 7.59. The van der Waals surface area contributed by atoms with E-state index >= 15 is 0 Å². The minimum atomic E-state index is -0.128. The Bertz CT molecular complexity index is 3510. The number of allylic oxidation sites excluding steroid dienone is 4. The smallest absolute Gasteiger partial charge is 0.249 e. The molecule has 8 aromatic rings. The Hall–Kier alpha value is -7.50. The number of para-hydroxylation sites is 2. The van der Waals surface area contributed by atoms with Gasteiger partial charge < -0.3 is 19.4 Å². The molecular weight excluding hydrogens is 886 g/mol. The zero-order chi connectivity index (χ0) is 50.4. The highest BCUT2D eigenvalue weighted by Crippen LogP contribution is 2.56. The van der Waals surface area contributed by atoms with E-state index in [2.05, 4.69) is 265 Å². The Morgan fingerprint density at radius 1 is 0.534 bits per heavy atom. The maximum absolute atomic E-state index is 7.13. The van der Waals surface area contributed by atoms with Gasteiger partial charge in [0, 0.05) is 34.1 Å². The molecule has 0 saturated heterocycles. The number of anilines is 8. The molecule has 0 unspecified atom stereocenters. The Labute approximate surface area is 434 Å². The number of hydrogen-bond acceptors (Lipinski definition) is 4. The van der Waals surface area contributed by atoms with Gasteiger partial charge in [0.1, 0.15) is 5.75 Å². The van der Waals surface area contributed by atoms with Gasteiger partial charge in [-0.2, -0.15) is 0 Å². The average molecular weight is 952 g/mol. The van der Waals surface area contributed by atoms with Gasteiger partial charge in [-0.3, -0.25) is 0 Å². The van der Waals surface area contributed by atoms with Crippen LogP contribution in [0.4, 0.5) is 45.5 Å². The second-order valence-electron chi connectivity index (χ2n) is 23.3. The Balaban J connectivity index is 1.16. The van der Waals surface area contributed by atoms with Crippen molar-refractivity contribution in [1.82, 2.24) is 0 Å². The van der Waals surface area contributed by atoms with E-state index < -0.39 is 0 Å².